The maximum atomic E-state index is 10.8. The van der Waals surface area contributed by atoms with Crippen LogP contribution in [-0.2, 0) is 0 Å². The van der Waals surface area contributed by atoms with Crippen LogP contribution in [-0.4, -0.2) is 20.5 Å². The summed E-state index contributed by atoms with van der Waals surface area (Å²) in [5, 5.41) is 8.88. The van der Waals surface area contributed by atoms with Crippen LogP contribution >= 0.6 is 0 Å². The number of carboxylic acid groups (broad SMARTS) is 1. The van der Waals surface area contributed by atoms with E-state index in [4.69, 9.17) is 10.8 Å². The van der Waals surface area contributed by atoms with Gasteiger partial charge in [-0.1, -0.05) is 18.2 Å². The van der Waals surface area contributed by atoms with Gasteiger partial charge in [-0.15, -0.1) is 0 Å². The van der Waals surface area contributed by atoms with Gasteiger partial charge in [-0.25, -0.2) is 9.78 Å². The third kappa shape index (κ3) is 1.81. The fourth-order valence-electron chi connectivity index (χ4n) is 2.04. The van der Waals surface area contributed by atoms with Gasteiger partial charge in [0.05, 0.1) is 17.3 Å². The molecule has 0 saturated carbocycles. The molecule has 2 aromatic heterocycles. The summed E-state index contributed by atoms with van der Waals surface area (Å²) in [5.74, 6) is 0.344. The van der Waals surface area contributed by atoms with Crippen molar-refractivity contribution in [1.82, 2.24) is 9.38 Å². The van der Waals surface area contributed by atoms with Gasteiger partial charge in [0.1, 0.15) is 11.6 Å². The Morgan fingerprint density at radius 2 is 1.89 bits per heavy atom. The van der Waals surface area contributed by atoms with E-state index in [1.54, 1.807) is 36.5 Å². The molecule has 0 aliphatic carbocycles. The van der Waals surface area contributed by atoms with E-state index in [0.29, 0.717) is 11.6 Å². The molecule has 0 fully saturated rings. The lowest BCUT2D eigenvalue weighted by atomic mass is 10.1. The topological polar surface area (TPSA) is 80.6 Å². The van der Waals surface area contributed by atoms with Crippen LogP contribution in [0.5, 0.6) is 0 Å². The lowest BCUT2D eigenvalue weighted by molar-refractivity contribution is 0.0697. The number of aromatic carboxylic acids is 1. The number of rotatable bonds is 2. The first-order valence-electron chi connectivity index (χ1n) is 5.72. The zero-order chi connectivity index (χ0) is 13.4. The highest BCUT2D eigenvalue weighted by atomic mass is 16.4. The first kappa shape index (κ1) is 11.3. The summed E-state index contributed by atoms with van der Waals surface area (Å²) in [7, 11) is 0. The molecular formula is C14H11N3O2. The summed E-state index contributed by atoms with van der Waals surface area (Å²) in [6.07, 6.45) is 1.73. The van der Waals surface area contributed by atoms with E-state index >= 15 is 0 Å². The molecule has 0 unspecified atom stereocenters. The number of nitrogen functional groups attached to an aromatic ring is 1. The molecule has 0 spiro atoms. The highest BCUT2D eigenvalue weighted by Crippen LogP contribution is 2.22. The highest BCUT2D eigenvalue weighted by Gasteiger charge is 2.09. The molecule has 5 heteroatoms. The Morgan fingerprint density at radius 1 is 1.16 bits per heavy atom. The molecule has 0 aliphatic heterocycles. The summed E-state index contributed by atoms with van der Waals surface area (Å²) in [5.41, 5.74) is 7.92. The zero-order valence-electron chi connectivity index (χ0n) is 9.95. The number of imidazole rings is 1. The minimum Gasteiger partial charge on any atom is -0.478 e. The van der Waals surface area contributed by atoms with E-state index in [9.17, 15) is 4.79 Å². The summed E-state index contributed by atoms with van der Waals surface area (Å²) in [6, 6.07) is 12.1. The molecule has 94 valence electrons. The van der Waals surface area contributed by atoms with Gasteiger partial charge in [0.25, 0.3) is 0 Å². The van der Waals surface area contributed by atoms with Crippen molar-refractivity contribution in [3.63, 3.8) is 0 Å². The number of carbonyl (C=O) groups is 1. The number of hydrogen-bond donors (Lipinski definition) is 2. The maximum absolute atomic E-state index is 10.8. The first-order valence-corrected chi connectivity index (χ1v) is 5.72. The van der Waals surface area contributed by atoms with Crippen LogP contribution in [0.15, 0.2) is 48.7 Å². The SMILES string of the molecule is Nc1cccc2cnc(-c3ccc(C(=O)O)cc3)n12. The van der Waals surface area contributed by atoms with Gasteiger partial charge in [-0.2, -0.15) is 0 Å². The second kappa shape index (κ2) is 4.13. The van der Waals surface area contributed by atoms with Crippen LogP contribution in [0.1, 0.15) is 10.4 Å². The van der Waals surface area contributed by atoms with E-state index < -0.39 is 5.97 Å². The number of anilines is 1. The predicted molar refractivity (Wildman–Crippen MR) is 72.0 cm³/mol. The maximum Gasteiger partial charge on any atom is 0.335 e. The number of fused-ring (bicyclic) bond motifs is 1. The van der Waals surface area contributed by atoms with Crippen molar-refractivity contribution in [1.29, 1.82) is 0 Å². The highest BCUT2D eigenvalue weighted by molar-refractivity contribution is 5.88. The van der Waals surface area contributed by atoms with Crippen molar-refractivity contribution in [2.75, 3.05) is 5.73 Å². The quantitative estimate of drug-likeness (QED) is 0.734. The van der Waals surface area contributed by atoms with E-state index in [1.807, 2.05) is 16.5 Å². The van der Waals surface area contributed by atoms with Crippen molar-refractivity contribution < 1.29 is 9.90 Å². The molecule has 1 aromatic carbocycles. The molecule has 2 heterocycles. The number of hydrogen-bond acceptors (Lipinski definition) is 3. The lowest BCUT2D eigenvalue weighted by Crippen LogP contribution is -1.99. The number of nitrogens with two attached hydrogens (primary N) is 1. The van der Waals surface area contributed by atoms with Gasteiger partial charge in [0, 0.05) is 5.56 Å². The van der Waals surface area contributed by atoms with E-state index in [1.165, 1.54) is 0 Å². The van der Waals surface area contributed by atoms with Crippen molar-refractivity contribution in [3.8, 4) is 11.4 Å². The minimum absolute atomic E-state index is 0.248. The lowest BCUT2D eigenvalue weighted by Gasteiger charge is -2.05. The average Bonchev–Trinajstić information content (AvgIpc) is 2.84. The zero-order valence-corrected chi connectivity index (χ0v) is 9.95. The van der Waals surface area contributed by atoms with Crippen LogP contribution in [0.4, 0.5) is 5.82 Å². The van der Waals surface area contributed by atoms with Crippen molar-refractivity contribution in [3.05, 3.63) is 54.2 Å². The fraction of sp³-hybridized carbons (Fsp3) is 0. The molecule has 0 radical (unpaired) electrons. The van der Waals surface area contributed by atoms with Crippen LogP contribution in [0.3, 0.4) is 0 Å². The van der Waals surface area contributed by atoms with Crippen molar-refractivity contribution >= 4 is 17.3 Å². The number of nitrogens with zero attached hydrogens (tertiary/aromatic N) is 2. The largest absolute Gasteiger partial charge is 0.478 e. The summed E-state index contributed by atoms with van der Waals surface area (Å²) >= 11 is 0. The van der Waals surface area contributed by atoms with Crippen LogP contribution < -0.4 is 5.73 Å². The summed E-state index contributed by atoms with van der Waals surface area (Å²) in [4.78, 5) is 15.2. The molecule has 3 N–H and O–H groups in total. The van der Waals surface area contributed by atoms with Crippen LogP contribution in [0, 0.1) is 0 Å². The third-order valence-corrected chi connectivity index (χ3v) is 2.97. The Morgan fingerprint density at radius 3 is 2.58 bits per heavy atom. The van der Waals surface area contributed by atoms with E-state index in [2.05, 4.69) is 4.98 Å². The molecule has 0 amide bonds. The Kier molecular flexibility index (Phi) is 2.45. The van der Waals surface area contributed by atoms with Gasteiger partial charge in [0.2, 0.25) is 0 Å². The summed E-state index contributed by atoms with van der Waals surface area (Å²) < 4.78 is 1.83. The molecule has 3 aromatic rings. The third-order valence-electron chi connectivity index (χ3n) is 2.97. The van der Waals surface area contributed by atoms with Gasteiger partial charge in [-0.05, 0) is 24.3 Å². The molecular weight excluding hydrogens is 242 g/mol. The second-order valence-corrected chi connectivity index (χ2v) is 4.18. The van der Waals surface area contributed by atoms with Crippen molar-refractivity contribution in [2.45, 2.75) is 0 Å². The fourth-order valence-corrected chi connectivity index (χ4v) is 2.04. The van der Waals surface area contributed by atoms with Crippen LogP contribution in [0.25, 0.3) is 16.9 Å². The van der Waals surface area contributed by atoms with Gasteiger partial charge < -0.3 is 10.8 Å². The Bertz CT molecular complexity index is 760. The summed E-state index contributed by atoms with van der Waals surface area (Å²) in [6.45, 7) is 0. The monoisotopic (exact) mass is 253 g/mol. The number of aromatic nitrogens is 2. The predicted octanol–water partition coefficient (Wildman–Crippen LogP) is 2.28. The molecule has 5 nitrogen and oxygen atoms in total. The Balaban J connectivity index is 2.16. The normalized spacial score (nSPS) is 10.7. The van der Waals surface area contributed by atoms with Gasteiger partial charge in [-0.3, -0.25) is 4.40 Å². The first-order chi connectivity index (χ1) is 9.16. The van der Waals surface area contributed by atoms with E-state index in [-0.39, 0.29) is 5.56 Å². The number of pyridine rings is 1. The molecule has 0 bridgehead atoms. The molecule has 0 aliphatic rings. The smallest absolute Gasteiger partial charge is 0.335 e. The second-order valence-electron chi connectivity index (χ2n) is 4.18. The molecule has 19 heavy (non-hydrogen) atoms. The minimum atomic E-state index is -0.945. The van der Waals surface area contributed by atoms with Crippen molar-refractivity contribution in [2.24, 2.45) is 0 Å². The van der Waals surface area contributed by atoms with Gasteiger partial charge >= 0.3 is 5.97 Å². The van der Waals surface area contributed by atoms with Crippen LogP contribution in [0.2, 0.25) is 0 Å². The molecule has 3 rings (SSSR count). The number of benzene rings is 1. The number of carboxylic acids is 1. The standard InChI is InChI=1S/C14H11N3O2/c15-12-3-1-2-11-8-16-13(17(11)12)9-4-6-10(7-5-9)14(18)19/h1-8H,15H2,(H,18,19). The molecule has 0 saturated heterocycles. The Hall–Kier alpha value is -2.82. The van der Waals surface area contributed by atoms with E-state index in [0.717, 1.165) is 11.1 Å². The molecule has 0 atom stereocenters. The average molecular weight is 253 g/mol. The Labute approximate surface area is 108 Å². The van der Waals surface area contributed by atoms with Gasteiger partial charge in [0.15, 0.2) is 0 Å².